The van der Waals surface area contributed by atoms with E-state index >= 15 is 0 Å². The van der Waals surface area contributed by atoms with Gasteiger partial charge in [-0.25, -0.2) is 0 Å². The van der Waals surface area contributed by atoms with E-state index in [1.54, 1.807) is 6.20 Å². The van der Waals surface area contributed by atoms with Crippen LogP contribution in [0.2, 0.25) is 0 Å². The number of aromatic nitrogens is 2. The molecule has 6 nitrogen and oxygen atoms in total. The van der Waals surface area contributed by atoms with Crippen LogP contribution in [0.4, 0.5) is 0 Å². The normalized spacial score (nSPS) is 18.1. The number of morpholine rings is 1. The molecule has 1 aliphatic heterocycles. The van der Waals surface area contributed by atoms with E-state index in [-0.39, 0.29) is 18.6 Å². The van der Waals surface area contributed by atoms with Crippen LogP contribution in [0.5, 0.6) is 0 Å². The molecule has 1 aromatic heterocycles. The van der Waals surface area contributed by atoms with Crippen molar-refractivity contribution in [2.75, 3.05) is 26.4 Å². The summed E-state index contributed by atoms with van der Waals surface area (Å²) < 4.78 is 7.26. The SMILES string of the molecule is O=C(c1ccc(Cn2cccn2)cc1)N1CCOCC1CCO. The van der Waals surface area contributed by atoms with Crippen molar-refractivity contribution in [2.24, 2.45) is 0 Å². The highest BCUT2D eigenvalue weighted by Gasteiger charge is 2.27. The van der Waals surface area contributed by atoms with Crippen LogP contribution in [0, 0.1) is 0 Å². The molecule has 23 heavy (non-hydrogen) atoms. The number of hydrogen-bond acceptors (Lipinski definition) is 4. The molecule has 1 unspecified atom stereocenters. The number of ether oxygens (including phenoxy) is 1. The molecular weight excluding hydrogens is 294 g/mol. The molecule has 1 aromatic carbocycles. The van der Waals surface area contributed by atoms with E-state index in [2.05, 4.69) is 5.10 Å². The minimum Gasteiger partial charge on any atom is -0.396 e. The van der Waals surface area contributed by atoms with Gasteiger partial charge in [0, 0.05) is 31.1 Å². The molecule has 0 aliphatic carbocycles. The van der Waals surface area contributed by atoms with Gasteiger partial charge in [0.05, 0.1) is 25.8 Å². The first-order valence-corrected chi connectivity index (χ1v) is 7.84. The Labute approximate surface area is 135 Å². The monoisotopic (exact) mass is 315 g/mol. The quantitative estimate of drug-likeness (QED) is 0.899. The molecular formula is C17H21N3O3. The lowest BCUT2D eigenvalue weighted by Gasteiger charge is -2.35. The second-order valence-electron chi connectivity index (χ2n) is 5.64. The van der Waals surface area contributed by atoms with Gasteiger partial charge >= 0.3 is 0 Å². The Kier molecular flexibility index (Phi) is 5.05. The lowest BCUT2D eigenvalue weighted by atomic mass is 10.1. The van der Waals surface area contributed by atoms with Gasteiger partial charge in [0.1, 0.15) is 0 Å². The molecule has 0 spiro atoms. The minimum absolute atomic E-state index is 0.00242. The molecule has 0 radical (unpaired) electrons. The third-order valence-electron chi connectivity index (χ3n) is 4.06. The van der Waals surface area contributed by atoms with Crippen molar-refractivity contribution in [3.8, 4) is 0 Å². The van der Waals surface area contributed by atoms with Gasteiger partial charge in [-0.05, 0) is 30.2 Å². The van der Waals surface area contributed by atoms with Crippen molar-refractivity contribution in [3.05, 3.63) is 53.9 Å². The summed E-state index contributed by atoms with van der Waals surface area (Å²) in [5.74, 6) is -0.00242. The fourth-order valence-corrected chi connectivity index (χ4v) is 2.81. The lowest BCUT2D eigenvalue weighted by Crippen LogP contribution is -2.49. The number of hydrogen-bond donors (Lipinski definition) is 1. The first-order chi connectivity index (χ1) is 11.3. The molecule has 1 aliphatic rings. The lowest BCUT2D eigenvalue weighted by molar-refractivity contribution is -0.00829. The average Bonchev–Trinajstić information content (AvgIpc) is 3.09. The third-order valence-corrected chi connectivity index (χ3v) is 4.06. The highest BCUT2D eigenvalue weighted by molar-refractivity contribution is 5.94. The van der Waals surface area contributed by atoms with Crippen molar-refractivity contribution < 1.29 is 14.6 Å². The number of amides is 1. The summed E-state index contributed by atoms with van der Waals surface area (Å²) in [4.78, 5) is 14.5. The molecule has 1 fully saturated rings. The van der Waals surface area contributed by atoms with Gasteiger partial charge in [-0.2, -0.15) is 5.10 Å². The number of benzene rings is 1. The molecule has 1 saturated heterocycles. The summed E-state index contributed by atoms with van der Waals surface area (Å²) in [5, 5.41) is 13.3. The fourth-order valence-electron chi connectivity index (χ4n) is 2.81. The number of aliphatic hydroxyl groups is 1. The number of aliphatic hydroxyl groups excluding tert-OH is 1. The zero-order valence-electron chi connectivity index (χ0n) is 13.0. The van der Waals surface area contributed by atoms with Gasteiger partial charge in [-0.3, -0.25) is 9.48 Å². The molecule has 0 saturated carbocycles. The summed E-state index contributed by atoms with van der Waals surface area (Å²) in [6.45, 7) is 2.35. The van der Waals surface area contributed by atoms with E-state index in [1.807, 2.05) is 46.1 Å². The number of rotatable bonds is 5. The Morgan fingerprint density at radius 2 is 2.17 bits per heavy atom. The third kappa shape index (κ3) is 3.78. The van der Waals surface area contributed by atoms with E-state index < -0.39 is 0 Å². The standard InChI is InChI=1S/C17H21N3O3/c21-10-6-16-13-23-11-9-20(16)17(22)15-4-2-14(3-5-15)12-19-8-1-7-18-19/h1-5,7-8,16,21H,6,9-13H2. The Bertz CT molecular complexity index is 623. The molecule has 1 N–H and O–H groups in total. The molecule has 2 heterocycles. The topological polar surface area (TPSA) is 67.6 Å². The van der Waals surface area contributed by atoms with Crippen LogP contribution in [0.15, 0.2) is 42.7 Å². The molecule has 3 rings (SSSR count). The predicted octanol–water partition coefficient (Wildman–Crippen LogP) is 1.15. The molecule has 1 atom stereocenters. The first-order valence-electron chi connectivity index (χ1n) is 7.84. The van der Waals surface area contributed by atoms with E-state index in [4.69, 9.17) is 9.84 Å². The second-order valence-corrected chi connectivity index (χ2v) is 5.64. The van der Waals surface area contributed by atoms with Gasteiger partial charge in [-0.1, -0.05) is 12.1 Å². The Balaban J connectivity index is 1.69. The van der Waals surface area contributed by atoms with Gasteiger partial charge in [0.15, 0.2) is 0 Å². The maximum Gasteiger partial charge on any atom is 0.254 e. The van der Waals surface area contributed by atoms with Crippen LogP contribution in [-0.4, -0.2) is 58.1 Å². The van der Waals surface area contributed by atoms with Gasteiger partial charge in [0.2, 0.25) is 0 Å². The highest BCUT2D eigenvalue weighted by atomic mass is 16.5. The summed E-state index contributed by atoms with van der Waals surface area (Å²) in [5.41, 5.74) is 1.76. The number of carbonyl (C=O) groups is 1. The Hall–Kier alpha value is -2.18. The molecule has 1 amide bonds. The Morgan fingerprint density at radius 1 is 1.35 bits per heavy atom. The van der Waals surface area contributed by atoms with Crippen LogP contribution in [0.25, 0.3) is 0 Å². The van der Waals surface area contributed by atoms with Gasteiger partial charge < -0.3 is 14.7 Å². The predicted molar refractivity (Wildman–Crippen MR) is 85.1 cm³/mol. The van der Waals surface area contributed by atoms with E-state index in [0.717, 1.165) is 5.56 Å². The highest BCUT2D eigenvalue weighted by Crippen LogP contribution is 2.16. The van der Waals surface area contributed by atoms with Crippen LogP contribution >= 0.6 is 0 Å². The smallest absolute Gasteiger partial charge is 0.254 e. The summed E-state index contributed by atoms with van der Waals surface area (Å²) in [6, 6.07) is 9.45. The fraction of sp³-hybridized carbons (Fsp3) is 0.412. The van der Waals surface area contributed by atoms with Crippen LogP contribution in [-0.2, 0) is 11.3 Å². The van der Waals surface area contributed by atoms with E-state index in [9.17, 15) is 4.79 Å². The molecule has 2 aromatic rings. The zero-order chi connectivity index (χ0) is 16.1. The Morgan fingerprint density at radius 3 is 2.87 bits per heavy atom. The maximum atomic E-state index is 12.7. The molecule has 122 valence electrons. The van der Waals surface area contributed by atoms with Crippen LogP contribution in [0.1, 0.15) is 22.3 Å². The van der Waals surface area contributed by atoms with Crippen LogP contribution < -0.4 is 0 Å². The van der Waals surface area contributed by atoms with Gasteiger partial charge in [0.25, 0.3) is 5.91 Å². The minimum atomic E-state index is -0.0509. The van der Waals surface area contributed by atoms with Crippen LogP contribution in [0.3, 0.4) is 0 Å². The summed E-state index contributed by atoms with van der Waals surface area (Å²) in [7, 11) is 0. The van der Waals surface area contributed by atoms with Crippen molar-refractivity contribution in [1.82, 2.24) is 14.7 Å². The summed E-state index contributed by atoms with van der Waals surface area (Å²) >= 11 is 0. The molecule has 0 bridgehead atoms. The van der Waals surface area contributed by atoms with Gasteiger partial charge in [-0.15, -0.1) is 0 Å². The maximum absolute atomic E-state index is 12.7. The number of nitrogens with zero attached hydrogens (tertiary/aromatic N) is 3. The molecule has 6 heteroatoms. The van der Waals surface area contributed by atoms with Crippen molar-refractivity contribution in [3.63, 3.8) is 0 Å². The van der Waals surface area contributed by atoms with E-state index in [1.165, 1.54) is 0 Å². The summed E-state index contributed by atoms with van der Waals surface area (Å²) in [6.07, 6.45) is 4.20. The average molecular weight is 315 g/mol. The zero-order valence-corrected chi connectivity index (χ0v) is 13.0. The van der Waals surface area contributed by atoms with E-state index in [0.29, 0.717) is 38.3 Å². The first kappa shape index (κ1) is 15.7. The van der Waals surface area contributed by atoms with Crippen molar-refractivity contribution in [2.45, 2.75) is 19.0 Å². The van der Waals surface area contributed by atoms with Crippen molar-refractivity contribution in [1.29, 1.82) is 0 Å². The largest absolute Gasteiger partial charge is 0.396 e. The second kappa shape index (κ2) is 7.39. The number of carbonyl (C=O) groups excluding carboxylic acids is 1. The van der Waals surface area contributed by atoms with Crippen molar-refractivity contribution >= 4 is 5.91 Å².